The summed E-state index contributed by atoms with van der Waals surface area (Å²) in [6.45, 7) is 1.71. The molecule has 140 valence electrons. The van der Waals surface area contributed by atoms with Crippen LogP contribution in [0.5, 0.6) is 0 Å². The number of halogens is 6. The SMILES string of the molecule is CCSc1cc(C(F)(F)F)ccc1C(=O)Nc1ccc(C(F)(F)F)cn1. The average molecular weight is 394 g/mol. The first-order valence-electron chi connectivity index (χ1n) is 7.21. The first-order valence-corrected chi connectivity index (χ1v) is 8.19. The predicted molar refractivity (Wildman–Crippen MR) is 85.0 cm³/mol. The Morgan fingerprint density at radius 2 is 1.65 bits per heavy atom. The number of carbonyl (C=O) groups is 1. The number of benzene rings is 1. The van der Waals surface area contributed by atoms with Gasteiger partial charge < -0.3 is 5.32 Å². The first kappa shape index (κ1) is 20.1. The van der Waals surface area contributed by atoms with Crippen LogP contribution in [0.15, 0.2) is 41.4 Å². The van der Waals surface area contributed by atoms with E-state index in [2.05, 4.69) is 10.3 Å². The van der Waals surface area contributed by atoms with Gasteiger partial charge in [-0.25, -0.2) is 4.98 Å². The topological polar surface area (TPSA) is 42.0 Å². The van der Waals surface area contributed by atoms with Crippen molar-refractivity contribution < 1.29 is 31.1 Å². The number of thioether (sulfide) groups is 1. The van der Waals surface area contributed by atoms with Gasteiger partial charge in [0, 0.05) is 11.1 Å². The largest absolute Gasteiger partial charge is 0.417 e. The minimum Gasteiger partial charge on any atom is -0.307 e. The molecule has 1 amide bonds. The Bertz CT molecular complexity index is 787. The third kappa shape index (κ3) is 4.90. The van der Waals surface area contributed by atoms with Crippen molar-refractivity contribution in [2.45, 2.75) is 24.2 Å². The average Bonchev–Trinajstić information content (AvgIpc) is 2.54. The number of pyridine rings is 1. The minimum absolute atomic E-state index is 0.0217. The fraction of sp³-hybridized carbons (Fsp3) is 0.250. The molecule has 10 heteroatoms. The molecule has 0 spiro atoms. The second-order valence-electron chi connectivity index (χ2n) is 5.03. The first-order chi connectivity index (χ1) is 12.0. The molecule has 0 aliphatic carbocycles. The van der Waals surface area contributed by atoms with Crippen LogP contribution in [0.3, 0.4) is 0 Å². The molecular weight excluding hydrogens is 382 g/mol. The van der Waals surface area contributed by atoms with E-state index in [1.54, 1.807) is 6.92 Å². The van der Waals surface area contributed by atoms with Gasteiger partial charge in [-0.2, -0.15) is 26.3 Å². The lowest BCUT2D eigenvalue weighted by Crippen LogP contribution is -2.16. The van der Waals surface area contributed by atoms with Crippen molar-refractivity contribution >= 4 is 23.5 Å². The summed E-state index contributed by atoms with van der Waals surface area (Å²) in [6, 6.07) is 4.38. The van der Waals surface area contributed by atoms with Gasteiger partial charge in [0.05, 0.1) is 16.7 Å². The molecule has 0 radical (unpaired) electrons. The zero-order valence-corrected chi connectivity index (χ0v) is 14.0. The van der Waals surface area contributed by atoms with Crippen molar-refractivity contribution in [2.75, 3.05) is 11.1 Å². The number of alkyl halides is 6. The molecule has 0 fully saturated rings. The van der Waals surface area contributed by atoms with E-state index in [1.807, 2.05) is 0 Å². The van der Waals surface area contributed by atoms with Gasteiger partial charge in [-0.3, -0.25) is 4.79 Å². The van der Waals surface area contributed by atoms with Crippen LogP contribution in [0.2, 0.25) is 0 Å². The summed E-state index contributed by atoms with van der Waals surface area (Å²) in [7, 11) is 0. The smallest absolute Gasteiger partial charge is 0.307 e. The van der Waals surface area contributed by atoms with Gasteiger partial charge in [0.15, 0.2) is 0 Å². The highest BCUT2D eigenvalue weighted by Gasteiger charge is 2.32. The van der Waals surface area contributed by atoms with Crippen LogP contribution in [-0.4, -0.2) is 16.6 Å². The van der Waals surface area contributed by atoms with Crippen molar-refractivity contribution in [3.8, 4) is 0 Å². The number of carbonyl (C=O) groups excluding carboxylic acids is 1. The third-order valence-corrected chi connectivity index (χ3v) is 4.12. The third-order valence-electron chi connectivity index (χ3n) is 3.19. The molecule has 0 unspecified atom stereocenters. The summed E-state index contributed by atoms with van der Waals surface area (Å²) in [4.78, 5) is 15.9. The number of amides is 1. The summed E-state index contributed by atoms with van der Waals surface area (Å²) < 4.78 is 75.9. The molecule has 0 saturated heterocycles. The molecule has 0 aliphatic rings. The molecule has 1 aromatic carbocycles. The number of anilines is 1. The zero-order chi connectivity index (χ0) is 19.5. The second-order valence-corrected chi connectivity index (χ2v) is 6.33. The Balaban J connectivity index is 2.26. The Hall–Kier alpha value is -2.23. The molecule has 0 aliphatic heterocycles. The van der Waals surface area contributed by atoms with E-state index in [4.69, 9.17) is 0 Å². The van der Waals surface area contributed by atoms with E-state index in [1.165, 1.54) is 0 Å². The number of nitrogens with one attached hydrogen (secondary N) is 1. The van der Waals surface area contributed by atoms with Crippen molar-refractivity contribution in [1.29, 1.82) is 0 Å². The molecular formula is C16H12F6N2OS. The van der Waals surface area contributed by atoms with E-state index in [0.717, 1.165) is 42.1 Å². The quantitative estimate of drug-likeness (QED) is 0.551. The Morgan fingerprint density at radius 1 is 1.04 bits per heavy atom. The highest BCUT2D eigenvalue weighted by atomic mass is 32.2. The monoisotopic (exact) mass is 394 g/mol. The number of hydrogen-bond acceptors (Lipinski definition) is 3. The molecule has 0 bridgehead atoms. The molecule has 3 nitrogen and oxygen atoms in total. The van der Waals surface area contributed by atoms with Gasteiger partial charge in [-0.05, 0) is 36.1 Å². The van der Waals surface area contributed by atoms with Crippen LogP contribution in [0.4, 0.5) is 32.2 Å². The van der Waals surface area contributed by atoms with Crippen LogP contribution in [0.1, 0.15) is 28.4 Å². The van der Waals surface area contributed by atoms with Crippen molar-refractivity contribution in [1.82, 2.24) is 4.98 Å². The van der Waals surface area contributed by atoms with Crippen molar-refractivity contribution in [3.63, 3.8) is 0 Å². The number of rotatable bonds is 4. The van der Waals surface area contributed by atoms with E-state index in [0.29, 0.717) is 11.9 Å². The summed E-state index contributed by atoms with van der Waals surface area (Å²) >= 11 is 1.05. The normalized spacial score (nSPS) is 12.1. The van der Waals surface area contributed by atoms with E-state index >= 15 is 0 Å². The van der Waals surface area contributed by atoms with Crippen LogP contribution in [0.25, 0.3) is 0 Å². The fourth-order valence-electron chi connectivity index (χ4n) is 1.98. The predicted octanol–water partition coefficient (Wildman–Crippen LogP) is 5.48. The maximum Gasteiger partial charge on any atom is 0.417 e. The molecule has 26 heavy (non-hydrogen) atoms. The van der Waals surface area contributed by atoms with E-state index < -0.39 is 29.4 Å². The summed E-state index contributed by atoms with van der Waals surface area (Å²) in [6.07, 6.45) is -8.55. The standard InChI is InChI=1S/C16H12F6N2OS/c1-2-26-12-7-9(15(17,18)19)3-5-11(12)14(25)24-13-6-4-10(8-23-13)16(20,21)22/h3-8H,2H2,1H3,(H,23,24,25). The van der Waals surface area contributed by atoms with E-state index in [-0.39, 0.29) is 16.3 Å². The van der Waals surface area contributed by atoms with Crippen LogP contribution >= 0.6 is 11.8 Å². The van der Waals surface area contributed by atoms with Gasteiger partial charge in [-0.1, -0.05) is 6.92 Å². The molecule has 0 atom stereocenters. The number of aromatic nitrogens is 1. The van der Waals surface area contributed by atoms with Crippen molar-refractivity contribution in [3.05, 3.63) is 53.2 Å². The second kappa shape index (κ2) is 7.56. The summed E-state index contributed by atoms with van der Waals surface area (Å²) in [5, 5.41) is 2.28. The molecule has 1 heterocycles. The van der Waals surface area contributed by atoms with Gasteiger partial charge in [0.25, 0.3) is 5.91 Å². The Kier molecular flexibility index (Phi) is 5.84. The Morgan fingerprint density at radius 3 is 2.15 bits per heavy atom. The fourth-order valence-corrected chi connectivity index (χ4v) is 2.82. The van der Waals surface area contributed by atoms with Gasteiger partial charge in [0.2, 0.25) is 0 Å². The number of hydrogen-bond donors (Lipinski definition) is 1. The molecule has 1 N–H and O–H groups in total. The molecule has 0 saturated carbocycles. The van der Waals surface area contributed by atoms with Crippen LogP contribution in [-0.2, 0) is 12.4 Å². The maximum atomic E-state index is 12.8. The molecule has 2 rings (SSSR count). The number of nitrogens with zero attached hydrogens (tertiary/aromatic N) is 1. The van der Waals surface area contributed by atoms with E-state index in [9.17, 15) is 31.1 Å². The lowest BCUT2D eigenvalue weighted by Gasteiger charge is -2.13. The highest BCUT2D eigenvalue weighted by molar-refractivity contribution is 7.99. The Labute approximate surface area is 148 Å². The lowest BCUT2D eigenvalue weighted by atomic mass is 10.1. The minimum atomic E-state index is -4.56. The van der Waals surface area contributed by atoms with Crippen molar-refractivity contribution in [2.24, 2.45) is 0 Å². The summed E-state index contributed by atoms with van der Waals surface area (Å²) in [5.41, 5.74) is -1.89. The zero-order valence-electron chi connectivity index (χ0n) is 13.2. The lowest BCUT2D eigenvalue weighted by molar-refractivity contribution is -0.138. The van der Waals surface area contributed by atoms with Crippen LogP contribution < -0.4 is 5.32 Å². The van der Waals surface area contributed by atoms with Gasteiger partial charge in [-0.15, -0.1) is 11.8 Å². The maximum absolute atomic E-state index is 12.8. The highest BCUT2D eigenvalue weighted by Crippen LogP contribution is 2.34. The van der Waals surface area contributed by atoms with Crippen LogP contribution in [0, 0.1) is 0 Å². The summed E-state index contributed by atoms with van der Waals surface area (Å²) in [5.74, 6) is -0.475. The van der Waals surface area contributed by atoms with Gasteiger partial charge in [0.1, 0.15) is 5.82 Å². The molecule has 2 aromatic rings. The molecule has 1 aromatic heterocycles. The van der Waals surface area contributed by atoms with Gasteiger partial charge >= 0.3 is 12.4 Å².